The largest absolute Gasteiger partial charge is 0.454 e. The van der Waals surface area contributed by atoms with E-state index in [9.17, 15) is 9.59 Å². The topological polar surface area (TPSA) is 78.8 Å². The van der Waals surface area contributed by atoms with Gasteiger partial charge in [-0.1, -0.05) is 0 Å². The molecule has 0 unspecified atom stereocenters. The van der Waals surface area contributed by atoms with Crippen molar-refractivity contribution in [2.75, 3.05) is 13.4 Å². The molecule has 2 heterocycles. The fourth-order valence-corrected chi connectivity index (χ4v) is 3.73. The first-order valence-electron chi connectivity index (χ1n) is 10.2. The van der Waals surface area contributed by atoms with Gasteiger partial charge in [0.25, 0.3) is 5.91 Å². The van der Waals surface area contributed by atoms with Crippen LogP contribution in [0.4, 0.5) is 0 Å². The summed E-state index contributed by atoms with van der Waals surface area (Å²) in [7, 11) is 0. The number of rotatable bonds is 7. The summed E-state index contributed by atoms with van der Waals surface area (Å²) in [6.07, 6.45) is 5.35. The average molecular weight is 410 g/mol. The molecule has 1 aromatic carbocycles. The molecule has 7 heteroatoms. The van der Waals surface area contributed by atoms with Gasteiger partial charge in [-0.25, -0.2) is 4.79 Å². The zero-order valence-electron chi connectivity index (χ0n) is 17.4. The highest BCUT2D eigenvalue weighted by molar-refractivity contribution is 5.89. The van der Waals surface area contributed by atoms with Crippen molar-refractivity contribution in [1.29, 1.82) is 0 Å². The van der Waals surface area contributed by atoms with Crippen LogP contribution in [-0.2, 0) is 14.3 Å². The zero-order chi connectivity index (χ0) is 21.3. The number of aryl methyl sites for hydroxylation is 1. The smallest absolute Gasteiger partial charge is 0.331 e. The number of hydrogen-bond acceptors (Lipinski definition) is 5. The normalized spacial score (nSPS) is 16.0. The number of ether oxygens (including phenoxy) is 3. The summed E-state index contributed by atoms with van der Waals surface area (Å²) < 4.78 is 18.0. The number of esters is 1. The Morgan fingerprint density at radius 1 is 1.23 bits per heavy atom. The Hall–Kier alpha value is -3.22. The lowest BCUT2D eigenvalue weighted by atomic mass is 10.2. The molecule has 1 aromatic heterocycles. The summed E-state index contributed by atoms with van der Waals surface area (Å²) in [5.74, 6) is 1.20. The highest BCUT2D eigenvalue weighted by Gasteiger charge is 2.28. The molecule has 0 bridgehead atoms. The van der Waals surface area contributed by atoms with E-state index in [1.807, 2.05) is 45.0 Å². The van der Waals surface area contributed by atoms with Gasteiger partial charge < -0.3 is 24.1 Å². The summed E-state index contributed by atoms with van der Waals surface area (Å²) in [6, 6.07) is 7.92. The number of nitrogens with zero attached hydrogens (tertiary/aromatic N) is 1. The summed E-state index contributed by atoms with van der Waals surface area (Å²) in [6.45, 7) is 5.92. The third kappa shape index (κ3) is 4.35. The van der Waals surface area contributed by atoms with Crippen LogP contribution in [0, 0.1) is 19.8 Å². The molecule has 2 aromatic rings. The molecule has 2 aliphatic rings. The number of aromatic nitrogens is 1. The second-order valence-electron chi connectivity index (χ2n) is 7.83. The fourth-order valence-electron chi connectivity index (χ4n) is 3.73. The molecule has 1 fully saturated rings. The number of carbonyl (C=O) groups excluding carboxylic acids is 2. The van der Waals surface area contributed by atoms with E-state index in [4.69, 9.17) is 14.2 Å². The van der Waals surface area contributed by atoms with Gasteiger partial charge in [0, 0.05) is 35.3 Å². The lowest BCUT2D eigenvalue weighted by Gasteiger charge is -2.12. The first-order chi connectivity index (χ1) is 14.4. The minimum absolute atomic E-state index is 0.133. The van der Waals surface area contributed by atoms with E-state index in [1.54, 1.807) is 6.08 Å². The SMILES string of the molecule is Cc1cc(/C=C/C(=O)OCC(=O)N[C@@H](C)C2CC2)c(C)n1-c1ccc2c(c1)OCO2. The number of fused-ring (bicyclic) bond motifs is 1. The van der Waals surface area contributed by atoms with Gasteiger partial charge in [-0.2, -0.15) is 0 Å². The maximum Gasteiger partial charge on any atom is 0.331 e. The van der Waals surface area contributed by atoms with Crippen LogP contribution in [0.3, 0.4) is 0 Å². The van der Waals surface area contributed by atoms with Crippen LogP contribution in [0.25, 0.3) is 11.8 Å². The monoisotopic (exact) mass is 410 g/mol. The first-order valence-corrected chi connectivity index (χ1v) is 10.2. The number of benzene rings is 1. The van der Waals surface area contributed by atoms with Gasteiger partial charge >= 0.3 is 5.97 Å². The molecule has 1 saturated carbocycles. The number of carbonyl (C=O) groups is 2. The molecule has 30 heavy (non-hydrogen) atoms. The highest BCUT2D eigenvalue weighted by Crippen LogP contribution is 2.35. The number of amides is 1. The van der Waals surface area contributed by atoms with Gasteiger partial charge in [0.1, 0.15) is 0 Å². The molecule has 4 rings (SSSR count). The molecule has 1 aliphatic heterocycles. The van der Waals surface area contributed by atoms with Crippen molar-refractivity contribution < 1.29 is 23.8 Å². The van der Waals surface area contributed by atoms with Crippen molar-refractivity contribution in [2.24, 2.45) is 5.92 Å². The van der Waals surface area contributed by atoms with Crippen molar-refractivity contribution in [3.63, 3.8) is 0 Å². The molecular weight excluding hydrogens is 384 g/mol. The Bertz CT molecular complexity index is 1000. The van der Waals surface area contributed by atoms with Crippen molar-refractivity contribution in [2.45, 2.75) is 39.7 Å². The van der Waals surface area contributed by atoms with E-state index in [2.05, 4.69) is 9.88 Å². The van der Waals surface area contributed by atoms with Crippen molar-refractivity contribution >= 4 is 18.0 Å². The van der Waals surface area contributed by atoms with E-state index >= 15 is 0 Å². The number of nitrogens with one attached hydrogen (secondary N) is 1. The molecule has 7 nitrogen and oxygen atoms in total. The van der Waals surface area contributed by atoms with Gasteiger partial charge in [0.05, 0.1) is 0 Å². The van der Waals surface area contributed by atoms with Crippen LogP contribution < -0.4 is 14.8 Å². The van der Waals surface area contributed by atoms with Crippen LogP contribution in [0.5, 0.6) is 11.5 Å². The molecule has 0 saturated heterocycles. The Morgan fingerprint density at radius 3 is 2.77 bits per heavy atom. The van der Waals surface area contributed by atoms with E-state index in [-0.39, 0.29) is 25.3 Å². The Balaban J connectivity index is 1.38. The number of hydrogen-bond donors (Lipinski definition) is 1. The molecule has 1 N–H and O–H groups in total. The van der Waals surface area contributed by atoms with Crippen LogP contribution in [0.1, 0.15) is 36.7 Å². The molecule has 1 aliphatic carbocycles. The lowest BCUT2D eigenvalue weighted by Crippen LogP contribution is -2.36. The van der Waals surface area contributed by atoms with Crippen LogP contribution in [0.15, 0.2) is 30.3 Å². The van der Waals surface area contributed by atoms with Crippen LogP contribution >= 0.6 is 0 Å². The van der Waals surface area contributed by atoms with Crippen LogP contribution in [0.2, 0.25) is 0 Å². The fraction of sp³-hybridized carbons (Fsp3) is 0.391. The highest BCUT2D eigenvalue weighted by atomic mass is 16.7. The minimum atomic E-state index is -0.544. The maximum atomic E-state index is 12.0. The second kappa shape index (κ2) is 8.26. The van der Waals surface area contributed by atoms with Crippen LogP contribution in [-0.4, -0.2) is 35.9 Å². The second-order valence-corrected chi connectivity index (χ2v) is 7.83. The molecule has 0 radical (unpaired) electrons. The Labute approximate surface area is 175 Å². The summed E-state index contributed by atoms with van der Waals surface area (Å²) in [4.78, 5) is 23.9. The quantitative estimate of drug-likeness (QED) is 0.560. The van der Waals surface area contributed by atoms with E-state index in [0.717, 1.165) is 47.0 Å². The maximum absolute atomic E-state index is 12.0. The van der Waals surface area contributed by atoms with Gasteiger partial charge in [-0.3, -0.25) is 4.79 Å². The first kappa shape index (κ1) is 20.1. The predicted molar refractivity (Wildman–Crippen MR) is 112 cm³/mol. The van der Waals surface area contributed by atoms with Crippen molar-refractivity contribution in [3.05, 3.63) is 47.3 Å². The minimum Gasteiger partial charge on any atom is -0.454 e. The third-order valence-corrected chi connectivity index (χ3v) is 5.55. The Kier molecular flexibility index (Phi) is 5.53. The van der Waals surface area contributed by atoms with Gasteiger partial charge in [-0.15, -0.1) is 0 Å². The van der Waals surface area contributed by atoms with Crippen molar-refractivity contribution in [1.82, 2.24) is 9.88 Å². The molecule has 1 atom stereocenters. The summed E-state index contributed by atoms with van der Waals surface area (Å²) >= 11 is 0. The molecular formula is C23H26N2O5. The molecule has 0 spiro atoms. The lowest BCUT2D eigenvalue weighted by molar-refractivity contribution is -0.144. The third-order valence-electron chi connectivity index (χ3n) is 5.55. The van der Waals surface area contributed by atoms with E-state index in [1.165, 1.54) is 6.08 Å². The van der Waals surface area contributed by atoms with E-state index < -0.39 is 5.97 Å². The van der Waals surface area contributed by atoms with Gasteiger partial charge in [0.15, 0.2) is 18.1 Å². The van der Waals surface area contributed by atoms with E-state index in [0.29, 0.717) is 5.92 Å². The predicted octanol–water partition coefficient (Wildman–Crippen LogP) is 3.29. The average Bonchev–Trinajstić information content (AvgIpc) is 3.40. The summed E-state index contributed by atoms with van der Waals surface area (Å²) in [5, 5.41) is 2.86. The summed E-state index contributed by atoms with van der Waals surface area (Å²) in [5.41, 5.74) is 3.85. The van der Waals surface area contributed by atoms with Gasteiger partial charge in [-0.05, 0) is 69.4 Å². The molecule has 158 valence electrons. The van der Waals surface area contributed by atoms with Gasteiger partial charge in [0.2, 0.25) is 6.79 Å². The Morgan fingerprint density at radius 2 is 2.00 bits per heavy atom. The standard InChI is InChI=1S/C23H26N2O5/c1-14-10-18(6-9-23(27)28-12-22(26)24-15(2)17-4-5-17)16(3)25(14)19-7-8-20-21(11-19)30-13-29-20/h6-11,15,17H,4-5,12-13H2,1-3H3,(H,24,26)/b9-6+/t15-/m0/s1. The molecule has 1 amide bonds. The van der Waals surface area contributed by atoms with Crippen molar-refractivity contribution in [3.8, 4) is 17.2 Å². The zero-order valence-corrected chi connectivity index (χ0v) is 17.4.